The van der Waals surface area contributed by atoms with Gasteiger partial charge in [-0.1, -0.05) is 18.2 Å². The van der Waals surface area contributed by atoms with Gasteiger partial charge in [0.2, 0.25) is 6.43 Å². The van der Waals surface area contributed by atoms with Gasteiger partial charge in [0.15, 0.2) is 0 Å². The molecule has 1 saturated carbocycles. The van der Waals surface area contributed by atoms with E-state index in [4.69, 9.17) is 0 Å². The number of aromatic nitrogens is 3. The monoisotopic (exact) mass is 438 g/mol. The Kier molecular flexibility index (Phi) is 5.40. The number of rotatable bonds is 6. The lowest BCUT2D eigenvalue weighted by atomic mass is 10.0. The van der Waals surface area contributed by atoms with Gasteiger partial charge in [-0.2, -0.15) is 0 Å². The van der Waals surface area contributed by atoms with Crippen molar-refractivity contribution >= 4 is 16.7 Å². The van der Waals surface area contributed by atoms with Crippen molar-refractivity contribution in [2.24, 2.45) is 5.92 Å². The summed E-state index contributed by atoms with van der Waals surface area (Å²) in [6.45, 7) is 3.13. The summed E-state index contributed by atoms with van der Waals surface area (Å²) in [5.74, 6) is -1.66. The SMILES string of the molecule is Cc1c(=O)n([C@@H]2CC2C(F)F)cc2c(N[C@@H](C)c3cccc(C(F)F)c3F)ncnc12. The third-order valence-electron chi connectivity index (χ3n) is 5.66. The second-order valence-corrected chi connectivity index (χ2v) is 7.67. The Morgan fingerprint density at radius 1 is 1.16 bits per heavy atom. The van der Waals surface area contributed by atoms with Crippen LogP contribution in [-0.4, -0.2) is 21.0 Å². The molecule has 0 radical (unpaired) electrons. The average Bonchev–Trinajstić information content (AvgIpc) is 3.52. The molecule has 3 atom stereocenters. The van der Waals surface area contributed by atoms with Crippen molar-refractivity contribution in [2.45, 2.75) is 45.2 Å². The molecule has 3 aromatic rings. The number of hydrogen-bond donors (Lipinski definition) is 1. The van der Waals surface area contributed by atoms with Crippen LogP contribution >= 0.6 is 0 Å². The summed E-state index contributed by atoms with van der Waals surface area (Å²) < 4.78 is 67.9. The molecule has 0 saturated heterocycles. The van der Waals surface area contributed by atoms with Crippen molar-refractivity contribution in [3.8, 4) is 0 Å². The lowest BCUT2D eigenvalue weighted by Crippen LogP contribution is -2.23. The number of pyridine rings is 1. The molecule has 1 aliphatic rings. The first kappa shape index (κ1) is 21.2. The van der Waals surface area contributed by atoms with Gasteiger partial charge in [-0.15, -0.1) is 0 Å². The van der Waals surface area contributed by atoms with Crippen molar-refractivity contribution in [1.29, 1.82) is 0 Å². The smallest absolute Gasteiger partial charge is 0.266 e. The molecule has 10 heteroatoms. The molecule has 0 aliphatic heterocycles. The summed E-state index contributed by atoms with van der Waals surface area (Å²) in [6, 6.07) is 2.40. The molecule has 2 aromatic heterocycles. The lowest BCUT2D eigenvalue weighted by Gasteiger charge is -2.19. The number of hydrogen-bond acceptors (Lipinski definition) is 4. The first-order valence-corrected chi connectivity index (χ1v) is 9.68. The third-order valence-corrected chi connectivity index (χ3v) is 5.66. The molecular weight excluding hydrogens is 419 g/mol. The van der Waals surface area contributed by atoms with Gasteiger partial charge in [-0.3, -0.25) is 4.79 Å². The van der Waals surface area contributed by atoms with Crippen LogP contribution in [0.5, 0.6) is 0 Å². The molecule has 1 fully saturated rings. The number of benzene rings is 1. The minimum Gasteiger partial charge on any atom is -0.363 e. The largest absolute Gasteiger partial charge is 0.363 e. The van der Waals surface area contributed by atoms with E-state index in [0.29, 0.717) is 10.9 Å². The van der Waals surface area contributed by atoms with E-state index in [1.54, 1.807) is 13.8 Å². The minimum atomic E-state index is -2.95. The van der Waals surface area contributed by atoms with E-state index in [0.717, 1.165) is 6.07 Å². The Morgan fingerprint density at radius 2 is 1.87 bits per heavy atom. The standard InChI is InChI=1S/C21H19F5N4O/c1-9-17-14(7-30(21(9)31)15-6-13(15)19(25)26)20(28-8-27-17)29-10(2)11-4-3-5-12(16(11)22)18(23)24/h3-5,7-8,10,13,15,18-19H,6H2,1-2H3,(H,27,28,29)/t10-,13?,15+/m0/s1. The van der Waals surface area contributed by atoms with Gasteiger partial charge in [-0.25, -0.2) is 31.9 Å². The fraction of sp³-hybridized carbons (Fsp3) is 0.381. The fourth-order valence-corrected chi connectivity index (χ4v) is 3.82. The first-order chi connectivity index (χ1) is 14.7. The molecule has 2 heterocycles. The van der Waals surface area contributed by atoms with Gasteiger partial charge >= 0.3 is 0 Å². The van der Waals surface area contributed by atoms with E-state index in [-0.39, 0.29) is 23.4 Å². The van der Waals surface area contributed by atoms with Crippen LogP contribution in [0.4, 0.5) is 27.8 Å². The van der Waals surface area contributed by atoms with E-state index in [9.17, 15) is 26.7 Å². The van der Waals surface area contributed by atoms with Crippen LogP contribution in [0, 0.1) is 18.7 Å². The zero-order valence-corrected chi connectivity index (χ0v) is 16.6. The molecule has 5 nitrogen and oxygen atoms in total. The third kappa shape index (κ3) is 3.75. The Hall–Kier alpha value is -3.04. The van der Waals surface area contributed by atoms with Crippen molar-refractivity contribution in [3.05, 3.63) is 63.6 Å². The Morgan fingerprint density at radius 3 is 2.52 bits per heavy atom. The number of aryl methyl sites for hydroxylation is 1. The van der Waals surface area contributed by atoms with Crippen molar-refractivity contribution in [2.75, 3.05) is 5.32 Å². The molecule has 1 aromatic carbocycles. The number of nitrogens with one attached hydrogen (secondary N) is 1. The molecule has 0 spiro atoms. The highest BCUT2D eigenvalue weighted by atomic mass is 19.3. The second-order valence-electron chi connectivity index (χ2n) is 7.67. The highest BCUT2D eigenvalue weighted by Gasteiger charge is 2.46. The summed E-state index contributed by atoms with van der Waals surface area (Å²) in [4.78, 5) is 20.9. The summed E-state index contributed by atoms with van der Waals surface area (Å²) >= 11 is 0. The van der Waals surface area contributed by atoms with E-state index < -0.39 is 47.8 Å². The maximum atomic E-state index is 14.5. The lowest BCUT2D eigenvalue weighted by molar-refractivity contribution is 0.116. The summed E-state index contributed by atoms with van der Waals surface area (Å²) in [7, 11) is 0. The van der Waals surface area contributed by atoms with Gasteiger partial charge in [-0.05, 0) is 20.3 Å². The molecule has 31 heavy (non-hydrogen) atoms. The van der Waals surface area contributed by atoms with E-state index in [2.05, 4.69) is 15.3 Å². The zero-order valence-electron chi connectivity index (χ0n) is 16.6. The topological polar surface area (TPSA) is 59.8 Å². The number of fused-ring (bicyclic) bond motifs is 1. The van der Waals surface area contributed by atoms with Crippen LogP contribution in [0.2, 0.25) is 0 Å². The van der Waals surface area contributed by atoms with Crippen LogP contribution in [0.15, 0.2) is 35.5 Å². The molecule has 1 aliphatic carbocycles. The van der Waals surface area contributed by atoms with Gasteiger partial charge < -0.3 is 9.88 Å². The highest BCUT2D eigenvalue weighted by molar-refractivity contribution is 5.90. The predicted octanol–water partition coefficient (Wildman–Crippen LogP) is 5.18. The molecule has 164 valence electrons. The summed E-state index contributed by atoms with van der Waals surface area (Å²) in [6.07, 6.45) is -2.63. The second kappa shape index (κ2) is 7.90. The molecule has 1 N–H and O–H groups in total. The van der Waals surface area contributed by atoms with Gasteiger partial charge in [0, 0.05) is 29.3 Å². The van der Waals surface area contributed by atoms with Gasteiger partial charge in [0.25, 0.3) is 12.0 Å². The van der Waals surface area contributed by atoms with E-state index >= 15 is 0 Å². The Balaban J connectivity index is 1.74. The van der Waals surface area contributed by atoms with Crippen LogP contribution in [0.25, 0.3) is 10.9 Å². The van der Waals surface area contributed by atoms with Crippen molar-refractivity contribution < 1.29 is 22.0 Å². The summed E-state index contributed by atoms with van der Waals surface area (Å²) in [5.41, 5.74) is -0.470. The van der Waals surface area contributed by atoms with Crippen LogP contribution < -0.4 is 10.9 Å². The quantitative estimate of drug-likeness (QED) is 0.539. The van der Waals surface area contributed by atoms with Gasteiger partial charge in [0.05, 0.1) is 22.5 Å². The Bertz CT molecular complexity index is 1200. The molecule has 0 bridgehead atoms. The molecule has 0 amide bonds. The Labute approximate surface area is 173 Å². The highest BCUT2D eigenvalue weighted by Crippen LogP contribution is 2.47. The first-order valence-electron chi connectivity index (χ1n) is 9.68. The number of anilines is 1. The van der Waals surface area contributed by atoms with Crippen molar-refractivity contribution in [3.63, 3.8) is 0 Å². The van der Waals surface area contributed by atoms with Crippen LogP contribution in [0.3, 0.4) is 0 Å². The number of halogens is 5. The number of nitrogens with zero attached hydrogens (tertiary/aromatic N) is 3. The van der Waals surface area contributed by atoms with Crippen molar-refractivity contribution in [1.82, 2.24) is 14.5 Å². The zero-order chi connectivity index (χ0) is 22.4. The molecular formula is C21H19F5N4O. The summed E-state index contributed by atoms with van der Waals surface area (Å²) in [5, 5.41) is 3.38. The molecule has 1 unspecified atom stereocenters. The van der Waals surface area contributed by atoms with E-state index in [1.165, 1.54) is 29.2 Å². The van der Waals surface area contributed by atoms with Gasteiger partial charge in [0.1, 0.15) is 18.0 Å². The fourth-order valence-electron chi connectivity index (χ4n) is 3.82. The number of alkyl halides is 4. The normalized spacial score (nSPS) is 19.3. The van der Waals surface area contributed by atoms with E-state index in [1.807, 2.05) is 0 Å². The molecule has 4 rings (SSSR count). The predicted molar refractivity (Wildman–Crippen MR) is 105 cm³/mol. The van der Waals surface area contributed by atoms with Crippen LogP contribution in [-0.2, 0) is 0 Å². The minimum absolute atomic E-state index is 0.0227. The maximum absolute atomic E-state index is 14.5. The average molecular weight is 438 g/mol. The van der Waals surface area contributed by atoms with Crippen LogP contribution in [0.1, 0.15) is 48.5 Å². The maximum Gasteiger partial charge on any atom is 0.266 e.